The van der Waals surface area contributed by atoms with Gasteiger partial charge in [0.15, 0.2) is 0 Å². The van der Waals surface area contributed by atoms with E-state index in [1.807, 2.05) is 0 Å². The van der Waals surface area contributed by atoms with Crippen molar-refractivity contribution in [2.24, 2.45) is 0 Å². The number of alkyl halides is 3. The second-order valence-corrected chi connectivity index (χ2v) is 9.71. The molecule has 2 aliphatic heterocycles. The Morgan fingerprint density at radius 2 is 2.10 bits per heavy atom. The highest BCUT2D eigenvalue weighted by molar-refractivity contribution is 7.89. The van der Waals surface area contributed by atoms with E-state index < -0.39 is 33.6 Å². The van der Waals surface area contributed by atoms with E-state index in [1.165, 1.54) is 6.07 Å². The number of ether oxygens (including phenoxy) is 1. The molecule has 1 N–H and O–H groups in total. The normalized spacial score (nSPS) is 21.3. The van der Waals surface area contributed by atoms with Crippen LogP contribution in [0.25, 0.3) is 0 Å². The number of sulfonamides is 1. The summed E-state index contributed by atoms with van der Waals surface area (Å²) >= 11 is 0. The topological polar surface area (TPSA) is 87.1 Å². The molecule has 2 aliphatic rings. The van der Waals surface area contributed by atoms with Crippen molar-refractivity contribution in [1.29, 1.82) is 0 Å². The van der Waals surface area contributed by atoms with Crippen LogP contribution in [0.3, 0.4) is 0 Å². The van der Waals surface area contributed by atoms with E-state index in [9.17, 15) is 31.6 Å². The first-order valence-corrected chi connectivity index (χ1v) is 11.4. The van der Waals surface area contributed by atoms with Crippen LogP contribution >= 0.6 is 0 Å². The molecule has 1 aromatic rings. The summed E-state index contributed by atoms with van der Waals surface area (Å²) in [6, 6.07) is 2.40. The molecule has 30 heavy (non-hydrogen) atoms. The third-order valence-electron chi connectivity index (χ3n) is 5.64. The third-order valence-corrected chi connectivity index (χ3v) is 7.54. The van der Waals surface area contributed by atoms with Gasteiger partial charge in [-0.15, -0.1) is 0 Å². The van der Waals surface area contributed by atoms with E-state index in [1.54, 1.807) is 0 Å². The fourth-order valence-electron chi connectivity index (χ4n) is 3.92. The molecule has 2 unspecified atom stereocenters. The summed E-state index contributed by atoms with van der Waals surface area (Å²) in [6.07, 6.45) is -1.58. The third kappa shape index (κ3) is 5.51. The van der Waals surface area contributed by atoms with Gasteiger partial charge in [0.2, 0.25) is 16.4 Å². The molecule has 0 aromatic heterocycles. The highest BCUT2D eigenvalue weighted by atomic mass is 32.2. The fourth-order valence-corrected chi connectivity index (χ4v) is 5.64. The molecule has 0 aliphatic carbocycles. The van der Waals surface area contributed by atoms with Gasteiger partial charge in [-0.1, -0.05) is 6.07 Å². The molecule has 1 saturated heterocycles. The van der Waals surface area contributed by atoms with Gasteiger partial charge in [-0.25, -0.2) is 13.5 Å². The lowest BCUT2D eigenvalue weighted by molar-refractivity contribution is -0.159. The first-order valence-electron chi connectivity index (χ1n) is 9.81. The number of halogens is 3. The van der Waals surface area contributed by atoms with Crippen LogP contribution in [0.2, 0.25) is 0 Å². The molecule has 0 radical (unpaired) electrons. The minimum absolute atomic E-state index is 0.0297. The lowest BCUT2D eigenvalue weighted by Crippen LogP contribution is -2.44. The Balaban J connectivity index is 1.71. The van der Waals surface area contributed by atoms with Gasteiger partial charge in [-0.2, -0.15) is 17.5 Å². The lowest BCUT2D eigenvalue weighted by Gasteiger charge is -2.31. The number of hydroxylamine groups is 2. The van der Waals surface area contributed by atoms with Crippen LogP contribution < -0.4 is 0 Å². The largest absolute Gasteiger partial charge is 0.416 e. The molecule has 2 atom stereocenters. The van der Waals surface area contributed by atoms with Gasteiger partial charge in [-0.3, -0.25) is 10.0 Å². The quantitative estimate of drug-likeness (QED) is 0.374. The van der Waals surface area contributed by atoms with Crippen molar-refractivity contribution < 1.29 is 36.3 Å². The molecule has 0 spiro atoms. The summed E-state index contributed by atoms with van der Waals surface area (Å²) < 4.78 is 71.4. The van der Waals surface area contributed by atoms with E-state index in [-0.39, 0.29) is 32.0 Å². The Hall–Kier alpha value is -1.69. The first kappa shape index (κ1) is 23.0. The summed E-state index contributed by atoms with van der Waals surface area (Å²) in [5.74, 6) is -0.511. The highest BCUT2D eigenvalue weighted by Crippen LogP contribution is 2.32. The van der Waals surface area contributed by atoms with Crippen LogP contribution in [0.5, 0.6) is 0 Å². The number of carbonyl (C=O) groups excluding carboxylic acids is 1. The first-order chi connectivity index (χ1) is 14.1. The molecule has 0 bridgehead atoms. The van der Waals surface area contributed by atoms with E-state index in [4.69, 9.17) is 4.74 Å². The molecule has 1 fully saturated rings. The Kier molecular flexibility index (Phi) is 7.05. The van der Waals surface area contributed by atoms with Crippen LogP contribution in [0.15, 0.2) is 18.2 Å². The van der Waals surface area contributed by atoms with Crippen LogP contribution in [-0.4, -0.2) is 60.5 Å². The maximum atomic E-state index is 13.0. The van der Waals surface area contributed by atoms with Gasteiger partial charge in [0.1, 0.15) is 0 Å². The molecular formula is C19H25F3N2O5S. The fraction of sp³-hybridized carbons (Fsp3) is 0.632. The SMILES string of the molecule is O=CN(O)C(CCC1CCCO1)CS(=O)(=O)N1CCc2ccc(C(F)(F)F)cc2C1. The second kappa shape index (κ2) is 9.21. The number of hydrogen-bond acceptors (Lipinski definition) is 5. The molecule has 7 nitrogen and oxygen atoms in total. The number of carbonyl (C=O) groups is 1. The zero-order valence-corrected chi connectivity index (χ0v) is 17.2. The van der Waals surface area contributed by atoms with E-state index in [0.717, 1.165) is 29.3 Å². The predicted octanol–water partition coefficient (Wildman–Crippen LogP) is 2.57. The summed E-state index contributed by atoms with van der Waals surface area (Å²) in [7, 11) is -3.92. The summed E-state index contributed by atoms with van der Waals surface area (Å²) in [4.78, 5) is 11.0. The minimum Gasteiger partial charge on any atom is -0.378 e. The maximum absolute atomic E-state index is 13.0. The van der Waals surface area contributed by atoms with Crippen LogP contribution in [-0.2, 0) is 38.7 Å². The zero-order valence-electron chi connectivity index (χ0n) is 16.3. The molecule has 1 aromatic carbocycles. The van der Waals surface area contributed by atoms with Crippen molar-refractivity contribution in [3.63, 3.8) is 0 Å². The Morgan fingerprint density at radius 1 is 1.33 bits per heavy atom. The van der Waals surface area contributed by atoms with Crippen molar-refractivity contribution in [2.45, 2.75) is 57.0 Å². The van der Waals surface area contributed by atoms with Crippen molar-refractivity contribution in [3.8, 4) is 0 Å². The van der Waals surface area contributed by atoms with Gasteiger partial charge in [0.05, 0.1) is 23.5 Å². The van der Waals surface area contributed by atoms with Crippen LogP contribution in [0.4, 0.5) is 13.2 Å². The van der Waals surface area contributed by atoms with Crippen LogP contribution in [0.1, 0.15) is 42.4 Å². The van der Waals surface area contributed by atoms with Gasteiger partial charge >= 0.3 is 6.18 Å². The number of fused-ring (bicyclic) bond motifs is 1. The Bertz CT molecular complexity index is 856. The van der Waals surface area contributed by atoms with E-state index in [2.05, 4.69) is 0 Å². The Labute approximate surface area is 173 Å². The van der Waals surface area contributed by atoms with Crippen molar-refractivity contribution >= 4 is 16.4 Å². The monoisotopic (exact) mass is 450 g/mol. The molecule has 0 saturated carbocycles. The molecule has 2 heterocycles. The molecular weight excluding hydrogens is 425 g/mol. The van der Waals surface area contributed by atoms with Crippen molar-refractivity contribution in [2.75, 3.05) is 18.9 Å². The molecule has 168 valence electrons. The smallest absolute Gasteiger partial charge is 0.378 e. The van der Waals surface area contributed by atoms with Gasteiger partial charge in [-0.05, 0) is 55.4 Å². The average molecular weight is 450 g/mol. The number of amides is 1. The summed E-state index contributed by atoms with van der Waals surface area (Å²) in [5, 5.41) is 10.2. The standard InChI is InChI=1S/C19H25F3N2O5S/c20-19(21,22)16-4-3-14-7-8-23(11-15(14)10-16)30(27,28)12-17(24(26)13-25)5-6-18-2-1-9-29-18/h3-4,10,13,17-18,26H,1-2,5-9,11-12H2. The predicted molar refractivity (Wildman–Crippen MR) is 101 cm³/mol. The minimum atomic E-state index is -4.51. The Morgan fingerprint density at radius 3 is 2.73 bits per heavy atom. The van der Waals surface area contributed by atoms with Gasteiger partial charge < -0.3 is 4.74 Å². The van der Waals surface area contributed by atoms with Crippen molar-refractivity contribution in [3.05, 3.63) is 34.9 Å². The number of hydrogen-bond donors (Lipinski definition) is 1. The number of nitrogens with zero attached hydrogens (tertiary/aromatic N) is 2. The highest BCUT2D eigenvalue weighted by Gasteiger charge is 2.35. The average Bonchev–Trinajstić information content (AvgIpc) is 3.22. The maximum Gasteiger partial charge on any atom is 0.416 e. The number of rotatable bonds is 8. The number of benzene rings is 1. The van der Waals surface area contributed by atoms with E-state index >= 15 is 0 Å². The van der Waals surface area contributed by atoms with Gasteiger partial charge in [0, 0.05) is 19.7 Å². The molecule has 11 heteroatoms. The van der Waals surface area contributed by atoms with Gasteiger partial charge in [0.25, 0.3) is 0 Å². The van der Waals surface area contributed by atoms with Crippen LogP contribution in [0, 0.1) is 0 Å². The lowest BCUT2D eigenvalue weighted by atomic mass is 9.98. The second-order valence-electron chi connectivity index (χ2n) is 7.69. The van der Waals surface area contributed by atoms with E-state index in [0.29, 0.717) is 35.6 Å². The summed E-state index contributed by atoms with van der Waals surface area (Å²) in [5.41, 5.74) is 0.172. The summed E-state index contributed by atoms with van der Waals surface area (Å²) in [6.45, 7) is 0.593. The van der Waals surface area contributed by atoms with Crippen molar-refractivity contribution in [1.82, 2.24) is 9.37 Å². The molecule has 1 amide bonds. The molecule has 3 rings (SSSR count). The zero-order chi connectivity index (χ0) is 21.9.